The van der Waals surface area contributed by atoms with Gasteiger partial charge < -0.3 is 5.73 Å². The minimum absolute atomic E-state index is 0.0710. The first-order valence-corrected chi connectivity index (χ1v) is 7.37. The van der Waals surface area contributed by atoms with Gasteiger partial charge in [0.1, 0.15) is 5.82 Å². The molecule has 0 atom stereocenters. The van der Waals surface area contributed by atoms with Crippen LogP contribution in [0.3, 0.4) is 0 Å². The molecule has 2 rings (SSSR count). The summed E-state index contributed by atoms with van der Waals surface area (Å²) in [6.07, 6.45) is 0. The van der Waals surface area contributed by atoms with Crippen LogP contribution in [-0.2, 0) is 15.6 Å². The molecule has 0 bridgehead atoms. The maximum atomic E-state index is 13.0. The summed E-state index contributed by atoms with van der Waals surface area (Å²) in [5, 5.41) is 3.53. The Morgan fingerprint density at radius 1 is 1.29 bits per heavy atom. The van der Waals surface area contributed by atoms with Crippen molar-refractivity contribution in [3.63, 3.8) is 0 Å². The van der Waals surface area contributed by atoms with E-state index in [4.69, 9.17) is 5.73 Å². The Bertz CT molecular complexity index is 621. The smallest absolute Gasteiger partial charge is 0.184 e. The van der Waals surface area contributed by atoms with Crippen LogP contribution in [0.4, 0.5) is 10.1 Å². The monoisotopic (exact) mass is 271 g/mol. The molecular weight excluding hydrogens is 261 g/mol. The molecule has 1 aromatic heterocycles. The molecule has 0 saturated carbocycles. The van der Waals surface area contributed by atoms with Crippen molar-refractivity contribution in [3.05, 3.63) is 46.4 Å². The number of nitrogens with two attached hydrogens (primary N) is 1. The van der Waals surface area contributed by atoms with Crippen molar-refractivity contribution in [3.8, 4) is 0 Å². The first-order valence-electron chi connectivity index (χ1n) is 4.78. The number of benzene rings is 1. The van der Waals surface area contributed by atoms with Crippen molar-refractivity contribution in [1.82, 2.24) is 0 Å². The number of rotatable bonds is 3. The predicted molar refractivity (Wildman–Crippen MR) is 66.0 cm³/mol. The molecule has 0 spiro atoms. The van der Waals surface area contributed by atoms with Crippen LogP contribution in [0, 0.1) is 5.82 Å². The second kappa shape index (κ2) is 4.46. The van der Waals surface area contributed by atoms with E-state index < -0.39 is 15.7 Å². The van der Waals surface area contributed by atoms with E-state index in [-0.39, 0.29) is 16.3 Å². The van der Waals surface area contributed by atoms with Gasteiger partial charge in [0.15, 0.2) is 9.84 Å². The molecular formula is C11H10FNO2S2. The highest BCUT2D eigenvalue weighted by Gasteiger charge is 2.19. The maximum absolute atomic E-state index is 13.0. The highest BCUT2D eigenvalue weighted by molar-refractivity contribution is 7.90. The Balaban J connectivity index is 2.41. The third-order valence-electron chi connectivity index (χ3n) is 2.25. The molecule has 0 aliphatic rings. The SMILES string of the molecule is Nc1ccc(F)cc1S(=O)(=O)Cc1ccsc1. The van der Waals surface area contributed by atoms with Gasteiger partial charge in [0, 0.05) is 0 Å². The Labute approximate surface area is 103 Å². The van der Waals surface area contributed by atoms with Crippen LogP contribution >= 0.6 is 11.3 Å². The molecule has 0 aliphatic heterocycles. The van der Waals surface area contributed by atoms with Crippen LogP contribution in [0.2, 0.25) is 0 Å². The molecule has 0 amide bonds. The molecule has 1 aromatic carbocycles. The Morgan fingerprint density at radius 3 is 2.71 bits per heavy atom. The van der Waals surface area contributed by atoms with Gasteiger partial charge in [-0.3, -0.25) is 0 Å². The van der Waals surface area contributed by atoms with E-state index in [0.717, 1.165) is 12.1 Å². The second-order valence-corrected chi connectivity index (χ2v) is 6.31. The fraction of sp³-hybridized carbons (Fsp3) is 0.0909. The lowest BCUT2D eigenvalue weighted by Crippen LogP contribution is -2.07. The summed E-state index contributed by atoms with van der Waals surface area (Å²) in [5.74, 6) is -0.771. The number of halogens is 1. The zero-order valence-electron chi connectivity index (χ0n) is 8.76. The summed E-state index contributed by atoms with van der Waals surface area (Å²) in [6.45, 7) is 0. The van der Waals surface area contributed by atoms with E-state index in [1.54, 1.807) is 16.8 Å². The van der Waals surface area contributed by atoms with Crippen molar-refractivity contribution in [2.45, 2.75) is 10.6 Å². The third-order valence-corrected chi connectivity index (χ3v) is 4.72. The third kappa shape index (κ3) is 2.65. The first-order chi connectivity index (χ1) is 7.99. The summed E-state index contributed by atoms with van der Waals surface area (Å²) in [4.78, 5) is -0.149. The fourth-order valence-corrected chi connectivity index (χ4v) is 3.72. The Kier molecular flexibility index (Phi) is 3.17. The largest absolute Gasteiger partial charge is 0.398 e. The van der Waals surface area contributed by atoms with Gasteiger partial charge in [-0.2, -0.15) is 11.3 Å². The lowest BCUT2D eigenvalue weighted by molar-refractivity contribution is 0.591. The van der Waals surface area contributed by atoms with E-state index in [2.05, 4.69) is 0 Å². The van der Waals surface area contributed by atoms with Crippen LogP contribution < -0.4 is 5.73 Å². The van der Waals surface area contributed by atoms with E-state index in [9.17, 15) is 12.8 Å². The number of nitrogen functional groups attached to an aromatic ring is 1. The van der Waals surface area contributed by atoms with Crippen molar-refractivity contribution >= 4 is 26.9 Å². The van der Waals surface area contributed by atoms with E-state index in [1.807, 2.05) is 0 Å². The van der Waals surface area contributed by atoms with Gasteiger partial charge >= 0.3 is 0 Å². The molecule has 0 aliphatic carbocycles. The number of sulfone groups is 1. The Morgan fingerprint density at radius 2 is 2.06 bits per heavy atom. The minimum atomic E-state index is -3.59. The van der Waals surface area contributed by atoms with Gasteiger partial charge in [-0.05, 0) is 40.6 Å². The van der Waals surface area contributed by atoms with Crippen molar-refractivity contribution in [2.24, 2.45) is 0 Å². The number of thiophene rings is 1. The highest BCUT2D eigenvalue weighted by Crippen LogP contribution is 2.24. The average molecular weight is 271 g/mol. The van der Waals surface area contributed by atoms with Crippen LogP contribution in [0.5, 0.6) is 0 Å². The maximum Gasteiger partial charge on any atom is 0.184 e. The molecule has 0 saturated heterocycles. The normalized spacial score (nSPS) is 11.6. The van der Waals surface area contributed by atoms with E-state index in [0.29, 0.717) is 5.56 Å². The molecule has 17 heavy (non-hydrogen) atoms. The molecule has 90 valence electrons. The lowest BCUT2D eigenvalue weighted by Gasteiger charge is -2.06. The van der Waals surface area contributed by atoms with Gasteiger partial charge in [-0.25, -0.2) is 12.8 Å². The summed E-state index contributed by atoms with van der Waals surface area (Å²) in [5.41, 5.74) is 6.31. The van der Waals surface area contributed by atoms with Gasteiger partial charge in [-0.15, -0.1) is 0 Å². The van der Waals surface area contributed by atoms with Crippen LogP contribution in [-0.4, -0.2) is 8.42 Å². The standard InChI is InChI=1S/C11H10FNO2S2/c12-9-1-2-10(13)11(5-9)17(14,15)7-8-3-4-16-6-8/h1-6H,7,13H2. The number of hydrogen-bond acceptors (Lipinski definition) is 4. The second-order valence-electron chi connectivity index (χ2n) is 3.57. The summed E-state index contributed by atoms with van der Waals surface area (Å²) in [7, 11) is -3.59. The van der Waals surface area contributed by atoms with Gasteiger partial charge in [0.05, 0.1) is 16.3 Å². The topological polar surface area (TPSA) is 60.2 Å². The van der Waals surface area contributed by atoms with E-state index in [1.165, 1.54) is 17.4 Å². The molecule has 1 heterocycles. The van der Waals surface area contributed by atoms with Crippen molar-refractivity contribution in [1.29, 1.82) is 0 Å². The lowest BCUT2D eigenvalue weighted by atomic mass is 10.3. The van der Waals surface area contributed by atoms with Gasteiger partial charge in [0.2, 0.25) is 0 Å². The fourth-order valence-electron chi connectivity index (χ4n) is 1.45. The zero-order chi connectivity index (χ0) is 12.5. The van der Waals surface area contributed by atoms with E-state index >= 15 is 0 Å². The van der Waals surface area contributed by atoms with Crippen molar-refractivity contribution in [2.75, 3.05) is 5.73 Å². The number of hydrogen-bond donors (Lipinski definition) is 1. The summed E-state index contributed by atoms with van der Waals surface area (Å²) >= 11 is 1.41. The first kappa shape index (κ1) is 12.1. The molecule has 2 N–H and O–H groups in total. The predicted octanol–water partition coefficient (Wildman–Crippen LogP) is 2.44. The van der Waals surface area contributed by atoms with Crippen LogP contribution in [0.1, 0.15) is 5.56 Å². The molecule has 3 nitrogen and oxygen atoms in total. The Hall–Kier alpha value is -1.40. The number of anilines is 1. The quantitative estimate of drug-likeness (QED) is 0.872. The molecule has 2 aromatic rings. The molecule has 0 fully saturated rings. The summed E-state index contributed by atoms with van der Waals surface area (Å²) < 4.78 is 37.1. The molecule has 0 unspecified atom stereocenters. The van der Waals surface area contributed by atoms with Crippen molar-refractivity contribution < 1.29 is 12.8 Å². The minimum Gasteiger partial charge on any atom is -0.398 e. The van der Waals surface area contributed by atoms with Crippen LogP contribution in [0.15, 0.2) is 39.9 Å². The van der Waals surface area contributed by atoms with Crippen LogP contribution in [0.25, 0.3) is 0 Å². The zero-order valence-corrected chi connectivity index (χ0v) is 10.4. The molecule has 0 radical (unpaired) electrons. The van der Waals surface area contributed by atoms with Gasteiger partial charge in [-0.1, -0.05) is 0 Å². The molecule has 6 heteroatoms. The van der Waals surface area contributed by atoms with Gasteiger partial charge in [0.25, 0.3) is 0 Å². The highest BCUT2D eigenvalue weighted by atomic mass is 32.2. The average Bonchev–Trinajstić information content (AvgIpc) is 2.73. The summed E-state index contributed by atoms with van der Waals surface area (Å²) in [6, 6.07) is 5.07.